The molecule has 3 amide bonds. The summed E-state index contributed by atoms with van der Waals surface area (Å²) in [5, 5.41) is 27.7. The van der Waals surface area contributed by atoms with Crippen molar-refractivity contribution in [3.8, 4) is 5.75 Å². The Labute approximate surface area is 236 Å². The molecule has 4 atom stereocenters. The zero-order chi connectivity index (χ0) is 29.2. The van der Waals surface area contributed by atoms with Crippen molar-refractivity contribution in [3.63, 3.8) is 0 Å². The fourth-order valence-corrected chi connectivity index (χ4v) is 4.63. The molecule has 12 heteroatoms. The number of para-hydroxylation sites is 1. The molecule has 0 saturated carbocycles. The van der Waals surface area contributed by atoms with Gasteiger partial charge in [0.15, 0.2) is 0 Å². The van der Waals surface area contributed by atoms with Crippen molar-refractivity contribution < 1.29 is 29.4 Å². The molecule has 40 heavy (non-hydrogen) atoms. The summed E-state index contributed by atoms with van der Waals surface area (Å²) < 4.78 is 0. The van der Waals surface area contributed by atoms with E-state index in [1.165, 1.54) is 30.8 Å². The standard InChI is InChI=1S/C28H35N5O6S/c1-16(25(35)33-24(28(38)39)13-17-7-9-19(34)10-8-17)31-27(37)23(11-12-40-2)32-26(36)21(29)14-18-15-30-22-6-4-3-5-20(18)22/h3-10,15-16,21,23-24,30,34H,11-14,29H2,1-2H3,(H,31,37)(H,32,36)(H,33,35)(H,38,39). The molecule has 0 radical (unpaired) electrons. The molecule has 8 N–H and O–H groups in total. The van der Waals surface area contributed by atoms with Gasteiger partial charge in [0.1, 0.15) is 23.9 Å². The van der Waals surface area contributed by atoms with Crippen LogP contribution in [0.4, 0.5) is 0 Å². The van der Waals surface area contributed by atoms with Crippen molar-refractivity contribution in [2.45, 2.75) is 50.4 Å². The molecule has 0 aliphatic rings. The lowest BCUT2D eigenvalue weighted by atomic mass is 10.0. The fraction of sp³-hybridized carbons (Fsp3) is 0.357. The highest BCUT2D eigenvalue weighted by molar-refractivity contribution is 7.98. The van der Waals surface area contributed by atoms with Crippen molar-refractivity contribution in [1.29, 1.82) is 0 Å². The van der Waals surface area contributed by atoms with E-state index >= 15 is 0 Å². The smallest absolute Gasteiger partial charge is 0.326 e. The number of carbonyl (C=O) groups excluding carboxylic acids is 3. The number of carbonyl (C=O) groups is 4. The predicted molar refractivity (Wildman–Crippen MR) is 154 cm³/mol. The van der Waals surface area contributed by atoms with Gasteiger partial charge in [0.2, 0.25) is 17.7 Å². The van der Waals surface area contributed by atoms with E-state index in [2.05, 4.69) is 20.9 Å². The largest absolute Gasteiger partial charge is 0.508 e. The van der Waals surface area contributed by atoms with Crippen LogP contribution < -0.4 is 21.7 Å². The minimum atomic E-state index is -1.24. The van der Waals surface area contributed by atoms with Gasteiger partial charge in [-0.3, -0.25) is 14.4 Å². The number of carboxylic acid groups (broad SMARTS) is 1. The number of carboxylic acids is 1. The van der Waals surface area contributed by atoms with Crippen LogP contribution in [0.15, 0.2) is 54.7 Å². The summed E-state index contributed by atoms with van der Waals surface area (Å²) in [6, 6.07) is 9.49. The highest BCUT2D eigenvalue weighted by atomic mass is 32.2. The van der Waals surface area contributed by atoms with E-state index in [0.29, 0.717) is 17.7 Å². The van der Waals surface area contributed by atoms with Gasteiger partial charge in [-0.1, -0.05) is 30.3 Å². The number of rotatable bonds is 14. The third-order valence-corrected chi connectivity index (χ3v) is 7.08. The summed E-state index contributed by atoms with van der Waals surface area (Å²) in [5.41, 5.74) is 8.60. The number of hydrogen-bond acceptors (Lipinski definition) is 7. The third kappa shape index (κ3) is 8.48. The van der Waals surface area contributed by atoms with Gasteiger partial charge in [-0.25, -0.2) is 4.79 Å². The van der Waals surface area contributed by atoms with Crippen LogP contribution in [0.1, 0.15) is 24.5 Å². The van der Waals surface area contributed by atoms with E-state index in [1.54, 1.807) is 12.1 Å². The number of aromatic hydroxyl groups is 1. The highest BCUT2D eigenvalue weighted by Crippen LogP contribution is 2.19. The number of nitrogens with one attached hydrogen (secondary N) is 4. The van der Waals surface area contributed by atoms with E-state index in [4.69, 9.17) is 5.73 Å². The minimum absolute atomic E-state index is 0.0112. The third-order valence-electron chi connectivity index (χ3n) is 6.44. The first-order valence-corrected chi connectivity index (χ1v) is 14.2. The van der Waals surface area contributed by atoms with E-state index in [9.17, 15) is 29.4 Å². The molecule has 214 valence electrons. The summed E-state index contributed by atoms with van der Waals surface area (Å²) in [7, 11) is 0. The summed E-state index contributed by atoms with van der Waals surface area (Å²) in [4.78, 5) is 53.6. The molecular weight excluding hydrogens is 534 g/mol. The number of aliphatic carboxylic acids is 1. The summed E-state index contributed by atoms with van der Waals surface area (Å²) in [5.74, 6) is -2.39. The number of phenolic OH excluding ortho intramolecular Hbond substituents is 1. The first-order chi connectivity index (χ1) is 19.1. The first kappa shape index (κ1) is 30.5. The van der Waals surface area contributed by atoms with Crippen LogP contribution in [0.3, 0.4) is 0 Å². The van der Waals surface area contributed by atoms with Crippen LogP contribution in [0.2, 0.25) is 0 Å². The summed E-state index contributed by atoms with van der Waals surface area (Å²) in [6.07, 6.45) is 4.25. The number of phenols is 1. The van der Waals surface area contributed by atoms with Gasteiger partial charge in [-0.2, -0.15) is 11.8 Å². The van der Waals surface area contributed by atoms with Crippen LogP contribution in [-0.4, -0.2) is 75.1 Å². The Bertz CT molecular complexity index is 1330. The average Bonchev–Trinajstić information content (AvgIpc) is 3.33. The van der Waals surface area contributed by atoms with Gasteiger partial charge in [-0.15, -0.1) is 0 Å². The van der Waals surface area contributed by atoms with Crippen molar-refractivity contribution in [1.82, 2.24) is 20.9 Å². The van der Waals surface area contributed by atoms with Gasteiger partial charge >= 0.3 is 5.97 Å². The molecule has 0 fully saturated rings. The highest BCUT2D eigenvalue weighted by Gasteiger charge is 2.28. The second kappa shape index (κ2) is 14.4. The quantitative estimate of drug-likeness (QED) is 0.151. The number of amides is 3. The Kier molecular flexibility index (Phi) is 11.0. The van der Waals surface area contributed by atoms with Crippen molar-refractivity contribution in [2.75, 3.05) is 12.0 Å². The number of benzene rings is 2. The van der Waals surface area contributed by atoms with Crippen LogP contribution in [-0.2, 0) is 32.0 Å². The van der Waals surface area contributed by atoms with Crippen LogP contribution >= 0.6 is 11.8 Å². The number of nitrogens with two attached hydrogens (primary N) is 1. The van der Waals surface area contributed by atoms with Crippen molar-refractivity contribution >= 4 is 46.4 Å². The molecule has 0 spiro atoms. The van der Waals surface area contributed by atoms with Gasteiger partial charge in [0.05, 0.1) is 6.04 Å². The van der Waals surface area contributed by atoms with E-state index < -0.39 is 47.9 Å². The Hall–Kier alpha value is -4.03. The lowest BCUT2D eigenvalue weighted by Crippen LogP contribution is -2.56. The Morgan fingerprint density at radius 3 is 2.27 bits per heavy atom. The van der Waals surface area contributed by atoms with Gasteiger partial charge in [-0.05, 0) is 61.1 Å². The fourth-order valence-electron chi connectivity index (χ4n) is 4.16. The maximum Gasteiger partial charge on any atom is 0.326 e. The molecule has 1 aromatic heterocycles. The number of aromatic nitrogens is 1. The van der Waals surface area contributed by atoms with E-state index in [1.807, 2.05) is 36.7 Å². The monoisotopic (exact) mass is 569 g/mol. The molecule has 0 aliphatic carbocycles. The number of thioether (sulfide) groups is 1. The zero-order valence-electron chi connectivity index (χ0n) is 22.3. The molecule has 4 unspecified atom stereocenters. The molecular formula is C28H35N5O6S. The van der Waals surface area contributed by atoms with E-state index in [-0.39, 0.29) is 18.6 Å². The van der Waals surface area contributed by atoms with Crippen molar-refractivity contribution in [2.24, 2.45) is 5.73 Å². The van der Waals surface area contributed by atoms with E-state index in [0.717, 1.165) is 16.5 Å². The zero-order valence-corrected chi connectivity index (χ0v) is 23.2. The molecule has 0 bridgehead atoms. The predicted octanol–water partition coefficient (Wildman–Crippen LogP) is 1.30. The second-order valence-electron chi connectivity index (χ2n) is 9.51. The lowest BCUT2D eigenvalue weighted by Gasteiger charge is -2.23. The second-order valence-corrected chi connectivity index (χ2v) is 10.5. The van der Waals surface area contributed by atoms with Gasteiger partial charge in [0.25, 0.3) is 0 Å². The number of hydrogen-bond donors (Lipinski definition) is 7. The molecule has 3 aromatic rings. The molecule has 11 nitrogen and oxygen atoms in total. The molecule has 0 saturated heterocycles. The maximum atomic E-state index is 13.1. The topological polar surface area (TPSA) is 187 Å². The summed E-state index contributed by atoms with van der Waals surface area (Å²) in [6.45, 7) is 1.43. The lowest BCUT2D eigenvalue weighted by molar-refractivity contribution is -0.142. The van der Waals surface area contributed by atoms with Gasteiger partial charge in [0, 0.05) is 23.5 Å². The number of aromatic amines is 1. The average molecular weight is 570 g/mol. The Morgan fingerprint density at radius 2 is 1.60 bits per heavy atom. The van der Waals surface area contributed by atoms with Crippen molar-refractivity contribution in [3.05, 3.63) is 65.9 Å². The SMILES string of the molecule is CSCCC(NC(=O)C(N)Cc1c[nH]c2ccccc12)C(=O)NC(C)C(=O)NC(Cc1ccc(O)cc1)C(=O)O. The van der Waals surface area contributed by atoms with Gasteiger partial charge < -0.3 is 36.9 Å². The molecule has 0 aliphatic heterocycles. The van der Waals surface area contributed by atoms with Crippen LogP contribution in [0.5, 0.6) is 5.75 Å². The van der Waals surface area contributed by atoms with Crippen LogP contribution in [0.25, 0.3) is 10.9 Å². The number of fused-ring (bicyclic) bond motifs is 1. The first-order valence-electron chi connectivity index (χ1n) is 12.8. The molecule has 2 aromatic carbocycles. The normalized spacial score (nSPS) is 14.1. The molecule has 3 rings (SSSR count). The Balaban J connectivity index is 1.59. The summed E-state index contributed by atoms with van der Waals surface area (Å²) >= 11 is 1.50. The number of H-pyrrole nitrogens is 1. The Morgan fingerprint density at radius 1 is 0.925 bits per heavy atom. The molecule has 1 heterocycles. The maximum absolute atomic E-state index is 13.1. The van der Waals surface area contributed by atoms with Crippen LogP contribution in [0, 0.1) is 0 Å². The minimum Gasteiger partial charge on any atom is -0.508 e.